The van der Waals surface area contributed by atoms with Gasteiger partial charge in [-0.2, -0.15) is 0 Å². The highest BCUT2D eigenvalue weighted by atomic mass is 79.9. The van der Waals surface area contributed by atoms with Gasteiger partial charge in [-0.15, -0.1) is 5.10 Å². The van der Waals surface area contributed by atoms with Gasteiger partial charge in [0.05, 0.1) is 11.7 Å². The van der Waals surface area contributed by atoms with E-state index in [2.05, 4.69) is 52.3 Å². The van der Waals surface area contributed by atoms with Crippen LogP contribution in [0, 0.1) is 11.3 Å². The van der Waals surface area contributed by atoms with Gasteiger partial charge in [-0.25, -0.2) is 4.68 Å². The molecule has 0 amide bonds. The molecule has 1 aliphatic rings. The Kier molecular flexibility index (Phi) is 5.24. The zero-order valence-electron chi connectivity index (χ0n) is 13.1. The summed E-state index contributed by atoms with van der Waals surface area (Å²) in [6, 6.07) is 0.333. The SMILES string of the molecule is CCCNC(c1c(Br)nnn1C)C1CCCCC1(C)C. The molecule has 5 heteroatoms. The minimum Gasteiger partial charge on any atom is -0.308 e. The lowest BCUT2D eigenvalue weighted by Crippen LogP contribution is -2.40. The Labute approximate surface area is 130 Å². The molecule has 0 aromatic carbocycles. The maximum absolute atomic E-state index is 4.18. The smallest absolute Gasteiger partial charge is 0.153 e. The lowest BCUT2D eigenvalue weighted by atomic mass is 9.65. The van der Waals surface area contributed by atoms with E-state index < -0.39 is 0 Å². The molecule has 1 aromatic heterocycles. The third-order valence-electron chi connectivity index (χ3n) is 4.73. The van der Waals surface area contributed by atoms with E-state index in [0.29, 0.717) is 17.4 Å². The second-order valence-corrected chi connectivity index (χ2v) is 7.41. The van der Waals surface area contributed by atoms with Gasteiger partial charge >= 0.3 is 0 Å². The number of hydrogen-bond acceptors (Lipinski definition) is 3. The summed E-state index contributed by atoms with van der Waals surface area (Å²) >= 11 is 3.58. The minimum atomic E-state index is 0.333. The topological polar surface area (TPSA) is 42.7 Å². The van der Waals surface area contributed by atoms with E-state index in [1.165, 1.54) is 31.4 Å². The van der Waals surface area contributed by atoms with Crippen molar-refractivity contribution in [1.29, 1.82) is 0 Å². The van der Waals surface area contributed by atoms with Crippen LogP contribution in [0.15, 0.2) is 4.60 Å². The second-order valence-electron chi connectivity index (χ2n) is 6.66. The minimum absolute atomic E-state index is 0.333. The summed E-state index contributed by atoms with van der Waals surface area (Å²) in [5.74, 6) is 0.635. The van der Waals surface area contributed by atoms with Crippen LogP contribution in [0.25, 0.3) is 0 Å². The van der Waals surface area contributed by atoms with Crippen LogP contribution >= 0.6 is 15.9 Å². The van der Waals surface area contributed by atoms with E-state index in [9.17, 15) is 0 Å². The first-order chi connectivity index (χ1) is 9.47. The van der Waals surface area contributed by atoms with Crippen LogP contribution in [0.1, 0.15) is 64.6 Å². The van der Waals surface area contributed by atoms with Crippen molar-refractivity contribution in [2.45, 2.75) is 58.9 Å². The van der Waals surface area contributed by atoms with Crippen LogP contribution < -0.4 is 5.32 Å². The monoisotopic (exact) mass is 342 g/mol. The Hall–Kier alpha value is -0.420. The molecule has 1 aliphatic carbocycles. The summed E-state index contributed by atoms with van der Waals surface area (Å²) in [6.07, 6.45) is 6.43. The Bertz CT molecular complexity index is 422. The molecule has 1 fully saturated rings. The van der Waals surface area contributed by atoms with Gasteiger partial charge in [0.2, 0.25) is 0 Å². The molecule has 1 heterocycles. The van der Waals surface area contributed by atoms with Crippen molar-refractivity contribution in [3.63, 3.8) is 0 Å². The van der Waals surface area contributed by atoms with E-state index in [0.717, 1.165) is 17.6 Å². The molecular weight excluding hydrogens is 316 g/mol. The molecule has 1 N–H and O–H groups in total. The van der Waals surface area contributed by atoms with Crippen molar-refractivity contribution < 1.29 is 0 Å². The quantitative estimate of drug-likeness (QED) is 0.883. The molecule has 2 atom stereocenters. The van der Waals surface area contributed by atoms with E-state index in [4.69, 9.17) is 0 Å². The van der Waals surface area contributed by atoms with Gasteiger partial charge in [-0.3, -0.25) is 0 Å². The summed E-state index contributed by atoms with van der Waals surface area (Å²) in [5, 5.41) is 12.1. The van der Waals surface area contributed by atoms with Gasteiger partial charge in [0.15, 0.2) is 4.60 Å². The van der Waals surface area contributed by atoms with Crippen molar-refractivity contribution in [3.05, 3.63) is 10.3 Å². The Morgan fingerprint density at radius 2 is 2.20 bits per heavy atom. The molecule has 1 aromatic rings. The first-order valence-electron chi connectivity index (χ1n) is 7.76. The molecule has 0 spiro atoms. The van der Waals surface area contributed by atoms with Crippen LogP contribution in [-0.2, 0) is 7.05 Å². The maximum Gasteiger partial charge on any atom is 0.153 e. The average Bonchev–Trinajstić information content (AvgIpc) is 2.72. The third-order valence-corrected chi connectivity index (χ3v) is 5.29. The predicted molar refractivity (Wildman–Crippen MR) is 85.5 cm³/mol. The molecule has 2 rings (SSSR count). The molecule has 0 aliphatic heterocycles. The number of nitrogens with zero attached hydrogens (tertiary/aromatic N) is 3. The standard InChI is InChI=1S/C15H27BrN4/c1-5-10-17-12(13-14(16)18-19-20(13)4)11-8-6-7-9-15(11,2)3/h11-12,17H,5-10H2,1-4H3. The third kappa shape index (κ3) is 3.25. The zero-order chi connectivity index (χ0) is 14.8. The molecule has 1 saturated carbocycles. The second kappa shape index (κ2) is 6.56. The van der Waals surface area contributed by atoms with E-state index in [-0.39, 0.29) is 0 Å². The van der Waals surface area contributed by atoms with Crippen LogP contribution in [0.2, 0.25) is 0 Å². The molecule has 2 unspecified atom stereocenters. The predicted octanol–water partition coefficient (Wildman–Crippen LogP) is 3.83. The van der Waals surface area contributed by atoms with Crippen LogP contribution in [0.5, 0.6) is 0 Å². The number of aryl methyl sites for hydroxylation is 1. The summed E-state index contributed by atoms with van der Waals surface area (Å²) in [6.45, 7) is 8.08. The first-order valence-corrected chi connectivity index (χ1v) is 8.55. The molecule has 20 heavy (non-hydrogen) atoms. The van der Waals surface area contributed by atoms with Gasteiger partial charge in [0, 0.05) is 7.05 Å². The fourth-order valence-corrected chi connectivity index (χ4v) is 4.11. The van der Waals surface area contributed by atoms with E-state index in [1.807, 2.05) is 11.7 Å². The molecule has 4 nitrogen and oxygen atoms in total. The molecular formula is C15H27BrN4. The van der Waals surface area contributed by atoms with Crippen molar-refractivity contribution in [1.82, 2.24) is 20.3 Å². The number of halogens is 1. The number of aromatic nitrogens is 3. The number of hydrogen-bond donors (Lipinski definition) is 1. The Morgan fingerprint density at radius 3 is 2.75 bits per heavy atom. The van der Waals surface area contributed by atoms with E-state index in [1.54, 1.807) is 0 Å². The first kappa shape index (κ1) is 16.0. The van der Waals surface area contributed by atoms with Crippen LogP contribution in [0.4, 0.5) is 0 Å². The van der Waals surface area contributed by atoms with Crippen molar-refractivity contribution >= 4 is 15.9 Å². The largest absolute Gasteiger partial charge is 0.308 e. The van der Waals surface area contributed by atoms with Gasteiger partial charge in [0.1, 0.15) is 0 Å². The van der Waals surface area contributed by atoms with Crippen LogP contribution in [-0.4, -0.2) is 21.5 Å². The number of nitrogens with one attached hydrogen (secondary N) is 1. The highest BCUT2D eigenvalue weighted by molar-refractivity contribution is 9.10. The zero-order valence-corrected chi connectivity index (χ0v) is 14.7. The normalized spacial score (nSPS) is 23.8. The maximum atomic E-state index is 4.18. The fourth-order valence-electron chi connectivity index (χ4n) is 3.54. The van der Waals surface area contributed by atoms with Crippen molar-refractivity contribution in [3.8, 4) is 0 Å². The van der Waals surface area contributed by atoms with Gasteiger partial charge in [0.25, 0.3) is 0 Å². The van der Waals surface area contributed by atoms with Gasteiger partial charge < -0.3 is 5.32 Å². The van der Waals surface area contributed by atoms with Gasteiger partial charge in [-0.05, 0) is 53.1 Å². The fraction of sp³-hybridized carbons (Fsp3) is 0.867. The van der Waals surface area contributed by atoms with Gasteiger partial charge in [-0.1, -0.05) is 38.8 Å². The van der Waals surface area contributed by atoms with Crippen molar-refractivity contribution in [2.24, 2.45) is 18.4 Å². The highest BCUT2D eigenvalue weighted by Crippen LogP contribution is 2.47. The highest BCUT2D eigenvalue weighted by Gasteiger charge is 2.40. The van der Waals surface area contributed by atoms with E-state index >= 15 is 0 Å². The Balaban J connectivity index is 2.32. The molecule has 114 valence electrons. The summed E-state index contributed by atoms with van der Waals surface area (Å²) < 4.78 is 2.80. The van der Waals surface area contributed by atoms with Crippen molar-refractivity contribution in [2.75, 3.05) is 6.54 Å². The average molecular weight is 343 g/mol. The van der Waals surface area contributed by atoms with Crippen LogP contribution in [0.3, 0.4) is 0 Å². The summed E-state index contributed by atoms with van der Waals surface area (Å²) in [5.41, 5.74) is 1.56. The molecule has 0 saturated heterocycles. The molecule has 0 bridgehead atoms. The number of rotatable bonds is 5. The molecule has 0 radical (unpaired) electrons. The summed E-state index contributed by atoms with van der Waals surface area (Å²) in [7, 11) is 1.99. The summed E-state index contributed by atoms with van der Waals surface area (Å²) in [4.78, 5) is 0. The Morgan fingerprint density at radius 1 is 1.45 bits per heavy atom. The lowest BCUT2D eigenvalue weighted by Gasteiger charge is -2.43. The lowest BCUT2D eigenvalue weighted by molar-refractivity contribution is 0.0948.